The molecule has 1 amide bonds. The molecule has 1 aromatic carbocycles. The molecule has 0 aliphatic carbocycles. The van der Waals surface area contributed by atoms with E-state index in [1.807, 2.05) is 18.2 Å². The summed E-state index contributed by atoms with van der Waals surface area (Å²) in [5.41, 5.74) is 7.16. The Bertz CT molecular complexity index is 687. The van der Waals surface area contributed by atoms with Gasteiger partial charge in [-0.25, -0.2) is 4.98 Å². The van der Waals surface area contributed by atoms with Crippen molar-refractivity contribution >= 4 is 25.4 Å². The summed E-state index contributed by atoms with van der Waals surface area (Å²) in [6.45, 7) is 0. The van der Waals surface area contributed by atoms with Gasteiger partial charge in [0.15, 0.2) is 5.82 Å². The molecule has 154 valence electrons. The molecule has 1 heterocycles. The fourth-order valence-corrected chi connectivity index (χ4v) is 2.80. The fourth-order valence-electron chi connectivity index (χ4n) is 2.80. The molecule has 2 rings (SSSR count). The second-order valence-corrected chi connectivity index (χ2v) is 6.65. The average Bonchev–Trinajstić information content (AvgIpc) is 3.06. The van der Waals surface area contributed by atoms with Gasteiger partial charge in [-0.15, -0.1) is 12.4 Å². The number of hydrogen-bond acceptors (Lipinski definition) is 6. The van der Waals surface area contributed by atoms with Gasteiger partial charge >= 0.3 is 7.12 Å². The third-order valence-corrected chi connectivity index (χ3v) is 4.19. The topological polar surface area (TPSA) is 137 Å². The third-order valence-electron chi connectivity index (χ3n) is 4.19. The molecule has 0 bridgehead atoms. The lowest BCUT2D eigenvalue weighted by Crippen LogP contribution is -2.42. The van der Waals surface area contributed by atoms with Gasteiger partial charge in [0.1, 0.15) is 5.82 Å². The molecule has 0 saturated carbocycles. The lowest BCUT2D eigenvalue weighted by molar-refractivity contribution is -0.121. The van der Waals surface area contributed by atoms with Crippen molar-refractivity contribution in [1.82, 2.24) is 20.5 Å². The Morgan fingerprint density at radius 2 is 1.93 bits per heavy atom. The summed E-state index contributed by atoms with van der Waals surface area (Å²) in [7, 11) is -1.29. The number of rotatable bonds is 12. The van der Waals surface area contributed by atoms with E-state index in [1.165, 1.54) is 5.56 Å². The van der Waals surface area contributed by atoms with Gasteiger partial charge in [0.2, 0.25) is 5.91 Å². The Kier molecular flexibility index (Phi) is 11.4. The molecule has 0 unspecified atom stereocenters. The number of aromatic nitrogens is 3. The monoisotopic (exact) mass is 409 g/mol. The summed E-state index contributed by atoms with van der Waals surface area (Å²) < 4.78 is 0. The van der Waals surface area contributed by atoms with Crippen molar-refractivity contribution in [3.63, 3.8) is 0 Å². The number of nitrogens with two attached hydrogens (primary N) is 1. The van der Waals surface area contributed by atoms with Crippen molar-refractivity contribution in [2.45, 2.75) is 57.4 Å². The van der Waals surface area contributed by atoms with E-state index in [4.69, 9.17) is 15.8 Å². The number of aryl methyl sites for hydroxylation is 2. The molecular weight excluding hydrogens is 380 g/mol. The molecular formula is C18H29BClN5O3. The summed E-state index contributed by atoms with van der Waals surface area (Å²) >= 11 is 0. The van der Waals surface area contributed by atoms with Gasteiger partial charge in [-0.3, -0.25) is 9.89 Å². The molecule has 1 aromatic heterocycles. The minimum absolute atomic E-state index is 0. The molecule has 6 N–H and O–H groups in total. The molecule has 2 aromatic rings. The van der Waals surface area contributed by atoms with Crippen LogP contribution in [0.3, 0.4) is 0 Å². The Morgan fingerprint density at radius 3 is 2.64 bits per heavy atom. The predicted molar refractivity (Wildman–Crippen MR) is 111 cm³/mol. The zero-order chi connectivity index (χ0) is 19.5. The minimum Gasteiger partial charge on any atom is -0.427 e. The maximum Gasteiger partial charge on any atom is 0.451 e. The van der Waals surface area contributed by atoms with Crippen LogP contribution in [-0.2, 0) is 24.1 Å². The van der Waals surface area contributed by atoms with Crippen LogP contribution in [0.5, 0.6) is 0 Å². The first kappa shape index (κ1) is 24.1. The van der Waals surface area contributed by atoms with Crippen LogP contribution in [0.25, 0.3) is 0 Å². The molecule has 0 radical (unpaired) electrons. The van der Waals surface area contributed by atoms with Crippen LogP contribution in [0.4, 0.5) is 0 Å². The average molecular weight is 410 g/mol. The highest BCUT2D eigenvalue weighted by molar-refractivity contribution is 6.40. The van der Waals surface area contributed by atoms with Crippen LogP contribution >= 0.6 is 12.4 Å². The molecule has 1 atom stereocenters. The Morgan fingerprint density at radius 1 is 1.18 bits per heavy atom. The van der Waals surface area contributed by atoms with Crippen molar-refractivity contribution < 1.29 is 14.8 Å². The van der Waals surface area contributed by atoms with Crippen molar-refractivity contribution in [2.75, 3.05) is 0 Å². The number of carbonyl (C=O) groups is 1. The van der Waals surface area contributed by atoms with Crippen LogP contribution in [0.1, 0.15) is 42.9 Å². The predicted octanol–water partition coefficient (Wildman–Crippen LogP) is 0.988. The maximum absolute atomic E-state index is 12.0. The van der Waals surface area contributed by atoms with Crippen molar-refractivity contribution in [3.05, 3.63) is 47.5 Å². The van der Waals surface area contributed by atoms with Crippen LogP contribution in [0.2, 0.25) is 6.32 Å². The molecule has 0 aliphatic heterocycles. The maximum atomic E-state index is 12.0. The standard InChI is InChI=1S/C18H28BN5O3.ClH/c20-15(10-4-5-12-19(26)27)21-18(25)13-17-22-16(23-24-17)11-6-9-14-7-2-1-3-8-14;/h1-3,7-8,15,26-27H,4-6,9-13,20H2,(H,21,25)(H,22,23,24);1H/t15-;/m1./s1. The molecule has 0 aliphatic rings. The van der Waals surface area contributed by atoms with Crippen molar-refractivity contribution in [1.29, 1.82) is 0 Å². The number of carbonyl (C=O) groups excluding carboxylic acids is 1. The molecule has 10 heteroatoms. The van der Waals surface area contributed by atoms with E-state index in [0.29, 0.717) is 31.4 Å². The molecule has 0 spiro atoms. The number of nitrogens with one attached hydrogen (secondary N) is 2. The zero-order valence-electron chi connectivity index (χ0n) is 15.9. The van der Waals surface area contributed by atoms with Crippen molar-refractivity contribution in [2.24, 2.45) is 5.73 Å². The first-order valence-electron chi connectivity index (χ1n) is 9.38. The number of benzene rings is 1. The minimum atomic E-state index is -1.29. The smallest absolute Gasteiger partial charge is 0.427 e. The Balaban J connectivity index is 0.00000392. The normalized spacial score (nSPS) is 11.5. The van der Waals surface area contributed by atoms with E-state index in [1.54, 1.807) is 0 Å². The summed E-state index contributed by atoms with van der Waals surface area (Å²) in [4.78, 5) is 16.4. The van der Waals surface area contributed by atoms with Crippen molar-refractivity contribution in [3.8, 4) is 0 Å². The van der Waals surface area contributed by atoms with Crippen LogP contribution < -0.4 is 11.1 Å². The highest BCUT2D eigenvalue weighted by Crippen LogP contribution is 2.06. The Hall–Kier alpha value is -1.94. The van der Waals surface area contributed by atoms with E-state index in [2.05, 4.69) is 32.6 Å². The third kappa shape index (κ3) is 9.84. The van der Waals surface area contributed by atoms with Gasteiger partial charge < -0.3 is 21.1 Å². The van der Waals surface area contributed by atoms with Gasteiger partial charge in [-0.05, 0) is 31.1 Å². The van der Waals surface area contributed by atoms with Gasteiger partial charge in [-0.2, -0.15) is 5.10 Å². The largest absolute Gasteiger partial charge is 0.451 e. The first-order valence-corrected chi connectivity index (χ1v) is 9.38. The quantitative estimate of drug-likeness (QED) is 0.201. The SMILES string of the molecule is Cl.N[C@@H](CCCCB(O)O)NC(=O)Cc1n[nH]c(CCCc2ccccc2)n1. The fraction of sp³-hybridized carbons (Fsp3) is 0.500. The number of H-pyrrole nitrogens is 1. The van der Waals surface area contributed by atoms with Gasteiger partial charge in [0, 0.05) is 6.42 Å². The van der Waals surface area contributed by atoms with E-state index in [-0.39, 0.29) is 24.7 Å². The number of aromatic amines is 1. The van der Waals surface area contributed by atoms with E-state index < -0.39 is 13.3 Å². The first-order chi connectivity index (χ1) is 13.0. The van der Waals surface area contributed by atoms with E-state index >= 15 is 0 Å². The van der Waals surface area contributed by atoms with Crippen LogP contribution in [-0.4, -0.2) is 44.4 Å². The summed E-state index contributed by atoms with van der Waals surface area (Å²) in [6.07, 6.45) is 4.58. The lowest BCUT2D eigenvalue weighted by Gasteiger charge is -2.13. The molecule has 28 heavy (non-hydrogen) atoms. The Labute approximate surface area is 171 Å². The molecule has 8 nitrogen and oxygen atoms in total. The summed E-state index contributed by atoms with van der Waals surface area (Å²) in [5.74, 6) is 1.01. The number of halogens is 1. The number of hydrogen-bond donors (Lipinski definition) is 5. The lowest BCUT2D eigenvalue weighted by atomic mass is 9.83. The van der Waals surface area contributed by atoms with Gasteiger partial charge in [-0.1, -0.05) is 43.2 Å². The highest BCUT2D eigenvalue weighted by atomic mass is 35.5. The van der Waals surface area contributed by atoms with Gasteiger partial charge in [0.05, 0.1) is 12.6 Å². The second-order valence-electron chi connectivity index (χ2n) is 6.65. The zero-order valence-corrected chi connectivity index (χ0v) is 16.7. The molecule has 0 fully saturated rings. The van der Waals surface area contributed by atoms with Crippen LogP contribution in [0.15, 0.2) is 30.3 Å². The number of nitrogens with zero attached hydrogens (tertiary/aromatic N) is 2. The molecule has 0 saturated heterocycles. The van der Waals surface area contributed by atoms with E-state index in [9.17, 15) is 4.79 Å². The number of amides is 1. The second kappa shape index (κ2) is 13.3. The van der Waals surface area contributed by atoms with Gasteiger partial charge in [0.25, 0.3) is 0 Å². The summed E-state index contributed by atoms with van der Waals surface area (Å²) in [6, 6.07) is 10.3. The highest BCUT2D eigenvalue weighted by Gasteiger charge is 2.12. The number of unbranched alkanes of at least 4 members (excludes halogenated alkanes) is 1. The van der Waals surface area contributed by atoms with E-state index in [0.717, 1.165) is 25.1 Å². The van der Waals surface area contributed by atoms with Crippen LogP contribution in [0, 0.1) is 0 Å². The summed E-state index contributed by atoms with van der Waals surface area (Å²) in [5, 5.41) is 27.2.